The molecule has 0 radical (unpaired) electrons. The van der Waals surface area contributed by atoms with Crippen LogP contribution in [0.25, 0.3) is 0 Å². The normalized spacial score (nSPS) is 26.5. The molecule has 21 heavy (non-hydrogen) atoms. The van der Waals surface area contributed by atoms with Gasteiger partial charge in [-0.2, -0.15) is 0 Å². The standard InChI is InChI=1S/C16H28N2O3/c1-2-7-16(13-19)8-4-10-18(12-16)15(21)6-11-17-9-3-5-14(17)20/h19H,2-13H2,1H3/t16-/m1/s1. The zero-order valence-corrected chi connectivity index (χ0v) is 13.1. The Hall–Kier alpha value is -1.10. The summed E-state index contributed by atoms with van der Waals surface area (Å²) < 4.78 is 0. The number of aliphatic hydroxyl groups excluding tert-OH is 1. The molecular formula is C16H28N2O3. The lowest BCUT2D eigenvalue weighted by Crippen LogP contribution is -2.48. The molecule has 0 bridgehead atoms. The molecule has 2 amide bonds. The zero-order chi connectivity index (χ0) is 15.3. The van der Waals surface area contributed by atoms with Crippen LogP contribution in [0.1, 0.15) is 51.9 Å². The molecular weight excluding hydrogens is 268 g/mol. The molecule has 2 fully saturated rings. The van der Waals surface area contributed by atoms with Crippen LogP contribution in [-0.2, 0) is 9.59 Å². The summed E-state index contributed by atoms with van der Waals surface area (Å²) in [6.07, 6.45) is 5.94. The van der Waals surface area contributed by atoms with Crippen molar-refractivity contribution in [2.75, 3.05) is 32.8 Å². The topological polar surface area (TPSA) is 60.9 Å². The SMILES string of the molecule is CCC[C@@]1(CO)CCCN(C(=O)CCN2CCCC2=O)C1. The Kier molecular flexibility index (Phi) is 5.62. The first-order chi connectivity index (χ1) is 10.1. The second kappa shape index (κ2) is 7.25. The fourth-order valence-corrected chi connectivity index (χ4v) is 3.69. The molecule has 0 saturated carbocycles. The van der Waals surface area contributed by atoms with Crippen LogP contribution < -0.4 is 0 Å². The van der Waals surface area contributed by atoms with Gasteiger partial charge < -0.3 is 14.9 Å². The van der Waals surface area contributed by atoms with Crippen molar-refractivity contribution in [2.24, 2.45) is 5.41 Å². The molecule has 0 aliphatic carbocycles. The summed E-state index contributed by atoms with van der Waals surface area (Å²) in [5.41, 5.74) is -0.105. The van der Waals surface area contributed by atoms with Crippen molar-refractivity contribution in [1.29, 1.82) is 0 Å². The summed E-state index contributed by atoms with van der Waals surface area (Å²) in [6.45, 7) is 5.09. The number of rotatable bonds is 6. The highest BCUT2D eigenvalue weighted by Crippen LogP contribution is 2.34. The lowest BCUT2D eigenvalue weighted by Gasteiger charge is -2.42. The van der Waals surface area contributed by atoms with Gasteiger partial charge in [0.2, 0.25) is 11.8 Å². The number of carbonyl (C=O) groups is 2. The Bertz CT molecular complexity index is 382. The molecule has 0 spiro atoms. The minimum Gasteiger partial charge on any atom is -0.396 e. The molecule has 1 atom stereocenters. The smallest absolute Gasteiger partial charge is 0.224 e. The Morgan fingerprint density at radius 1 is 1.33 bits per heavy atom. The minimum atomic E-state index is -0.105. The van der Waals surface area contributed by atoms with Crippen molar-refractivity contribution < 1.29 is 14.7 Å². The van der Waals surface area contributed by atoms with E-state index in [1.54, 1.807) is 4.90 Å². The Balaban J connectivity index is 1.85. The molecule has 0 aromatic carbocycles. The number of aliphatic hydroxyl groups is 1. The molecule has 0 aromatic rings. The van der Waals surface area contributed by atoms with Gasteiger partial charge in [-0.15, -0.1) is 0 Å². The van der Waals surface area contributed by atoms with Gasteiger partial charge in [0.25, 0.3) is 0 Å². The quantitative estimate of drug-likeness (QED) is 0.806. The van der Waals surface area contributed by atoms with Crippen LogP contribution in [0.15, 0.2) is 0 Å². The van der Waals surface area contributed by atoms with Crippen molar-refractivity contribution >= 4 is 11.8 Å². The Labute approximate surface area is 127 Å². The van der Waals surface area contributed by atoms with E-state index >= 15 is 0 Å². The molecule has 0 aromatic heterocycles. The first-order valence-corrected chi connectivity index (χ1v) is 8.27. The number of hydrogen-bond donors (Lipinski definition) is 1. The van der Waals surface area contributed by atoms with E-state index in [0.717, 1.165) is 45.2 Å². The zero-order valence-electron chi connectivity index (χ0n) is 13.1. The molecule has 1 N–H and O–H groups in total. The van der Waals surface area contributed by atoms with E-state index in [4.69, 9.17) is 0 Å². The van der Waals surface area contributed by atoms with Crippen LogP contribution >= 0.6 is 0 Å². The highest BCUT2D eigenvalue weighted by Gasteiger charge is 2.36. The van der Waals surface area contributed by atoms with E-state index < -0.39 is 0 Å². The fourth-order valence-electron chi connectivity index (χ4n) is 3.69. The number of carbonyl (C=O) groups excluding carboxylic acids is 2. The fraction of sp³-hybridized carbons (Fsp3) is 0.875. The summed E-state index contributed by atoms with van der Waals surface area (Å²) in [5.74, 6) is 0.306. The monoisotopic (exact) mass is 296 g/mol. The molecule has 2 aliphatic heterocycles. The second-order valence-electron chi connectivity index (χ2n) is 6.56. The van der Waals surface area contributed by atoms with Gasteiger partial charge in [0.15, 0.2) is 0 Å². The van der Waals surface area contributed by atoms with E-state index in [9.17, 15) is 14.7 Å². The molecule has 5 heteroatoms. The van der Waals surface area contributed by atoms with Gasteiger partial charge in [-0.05, 0) is 25.7 Å². The van der Waals surface area contributed by atoms with Gasteiger partial charge in [-0.3, -0.25) is 9.59 Å². The Morgan fingerprint density at radius 2 is 2.14 bits per heavy atom. The number of amides is 2. The summed E-state index contributed by atoms with van der Waals surface area (Å²) in [7, 11) is 0. The molecule has 0 unspecified atom stereocenters. The maximum Gasteiger partial charge on any atom is 0.224 e. The van der Waals surface area contributed by atoms with Gasteiger partial charge in [0, 0.05) is 44.4 Å². The highest BCUT2D eigenvalue weighted by atomic mass is 16.3. The maximum atomic E-state index is 12.4. The second-order valence-corrected chi connectivity index (χ2v) is 6.56. The summed E-state index contributed by atoms with van der Waals surface area (Å²) >= 11 is 0. The van der Waals surface area contributed by atoms with Crippen LogP contribution in [0.3, 0.4) is 0 Å². The first-order valence-electron chi connectivity index (χ1n) is 8.27. The number of hydrogen-bond acceptors (Lipinski definition) is 3. The van der Waals surface area contributed by atoms with E-state index in [-0.39, 0.29) is 23.8 Å². The van der Waals surface area contributed by atoms with Crippen molar-refractivity contribution in [2.45, 2.75) is 51.9 Å². The maximum absolute atomic E-state index is 12.4. The van der Waals surface area contributed by atoms with Crippen molar-refractivity contribution in [3.63, 3.8) is 0 Å². The van der Waals surface area contributed by atoms with Crippen LogP contribution in [-0.4, -0.2) is 59.5 Å². The van der Waals surface area contributed by atoms with E-state index in [1.807, 2.05) is 4.90 Å². The number of piperidine rings is 1. The minimum absolute atomic E-state index is 0.105. The molecule has 2 saturated heterocycles. The Morgan fingerprint density at radius 3 is 2.76 bits per heavy atom. The van der Waals surface area contributed by atoms with Gasteiger partial charge >= 0.3 is 0 Å². The number of nitrogens with zero attached hydrogens (tertiary/aromatic N) is 2. The van der Waals surface area contributed by atoms with Crippen LogP contribution in [0.5, 0.6) is 0 Å². The molecule has 2 rings (SSSR count). The van der Waals surface area contributed by atoms with Gasteiger partial charge in [0.05, 0.1) is 6.61 Å². The van der Waals surface area contributed by atoms with Crippen molar-refractivity contribution in [1.82, 2.24) is 9.80 Å². The third kappa shape index (κ3) is 3.96. The summed E-state index contributed by atoms with van der Waals surface area (Å²) in [5, 5.41) is 9.72. The molecule has 2 heterocycles. The lowest BCUT2D eigenvalue weighted by molar-refractivity contribution is -0.136. The average molecular weight is 296 g/mol. The summed E-state index contributed by atoms with van der Waals surface area (Å²) in [4.78, 5) is 27.6. The van der Waals surface area contributed by atoms with Crippen molar-refractivity contribution in [3.8, 4) is 0 Å². The third-order valence-electron chi connectivity index (χ3n) is 4.90. The highest BCUT2D eigenvalue weighted by molar-refractivity contribution is 5.80. The van der Waals surface area contributed by atoms with Gasteiger partial charge in [0.1, 0.15) is 0 Å². The predicted molar refractivity (Wildman–Crippen MR) is 80.7 cm³/mol. The number of likely N-dealkylation sites (tertiary alicyclic amines) is 2. The molecule has 2 aliphatic rings. The van der Waals surface area contributed by atoms with Gasteiger partial charge in [-0.25, -0.2) is 0 Å². The first kappa shape index (κ1) is 16.3. The van der Waals surface area contributed by atoms with Crippen LogP contribution in [0.2, 0.25) is 0 Å². The van der Waals surface area contributed by atoms with E-state index in [2.05, 4.69) is 6.92 Å². The third-order valence-corrected chi connectivity index (χ3v) is 4.90. The van der Waals surface area contributed by atoms with Crippen LogP contribution in [0.4, 0.5) is 0 Å². The molecule has 5 nitrogen and oxygen atoms in total. The van der Waals surface area contributed by atoms with E-state index in [1.165, 1.54) is 0 Å². The lowest BCUT2D eigenvalue weighted by atomic mass is 9.77. The average Bonchev–Trinajstić information content (AvgIpc) is 2.90. The molecule has 120 valence electrons. The van der Waals surface area contributed by atoms with Gasteiger partial charge in [-0.1, -0.05) is 13.3 Å². The van der Waals surface area contributed by atoms with E-state index in [0.29, 0.717) is 25.9 Å². The predicted octanol–water partition coefficient (Wildman–Crippen LogP) is 1.40. The summed E-state index contributed by atoms with van der Waals surface area (Å²) in [6, 6.07) is 0. The van der Waals surface area contributed by atoms with Crippen LogP contribution in [0, 0.1) is 5.41 Å². The largest absolute Gasteiger partial charge is 0.396 e. The van der Waals surface area contributed by atoms with Crippen molar-refractivity contribution in [3.05, 3.63) is 0 Å².